The summed E-state index contributed by atoms with van der Waals surface area (Å²) >= 11 is 0. The summed E-state index contributed by atoms with van der Waals surface area (Å²) in [6.45, 7) is 1.42. The van der Waals surface area contributed by atoms with E-state index >= 15 is 0 Å². The van der Waals surface area contributed by atoms with Crippen molar-refractivity contribution in [3.8, 4) is 0 Å². The molecular formula is C26H30F2N2O3S. The SMILES string of the molecule is C[C@@H](C(=O)Nc1ccc(C23CC4CC(CC(C4)C2)C3)cc1)N(c1ccc(F)c(F)c1)S(C)(=O)=O. The number of nitrogens with zero attached hydrogens (tertiary/aromatic N) is 1. The van der Waals surface area contributed by atoms with E-state index in [-0.39, 0.29) is 11.1 Å². The summed E-state index contributed by atoms with van der Waals surface area (Å²) in [5.41, 5.74) is 2.05. The zero-order valence-corrected chi connectivity index (χ0v) is 20.2. The number of nitrogens with one attached hydrogen (secondary N) is 1. The molecule has 4 aliphatic carbocycles. The molecular weight excluding hydrogens is 458 g/mol. The predicted octanol–water partition coefficient (Wildman–Crippen LogP) is 5.23. The van der Waals surface area contributed by atoms with Gasteiger partial charge in [-0.25, -0.2) is 17.2 Å². The minimum atomic E-state index is -3.93. The summed E-state index contributed by atoms with van der Waals surface area (Å²) in [5, 5.41) is 2.78. The molecule has 0 heterocycles. The second kappa shape index (κ2) is 8.33. The third-order valence-electron chi connectivity index (χ3n) is 8.05. The minimum absolute atomic E-state index is 0.110. The molecule has 0 unspecified atom stereocenters. The average molecular weight is 489 g/mol. The Bertz CT molecular complexity index is 1180. The predicted molar refractivity (Wildman–Crippen MR) is 128 cm³/mol. The van der Waals surface area contributed by atoms with Gasteiger partial charge in [0.25, 0.3) is 0 Å². The summed E-state index contributed by atoms with van der Waals surface area (Å²) in [5.74, 6) is -0.315. The quantitative estimate of drug-likeness (QED) is 0.606. The maximum Gasteiger partial charge on any atom is 0.247 e. The molecule has 4 saturated carbocycles. The third-order valence-corrected chi connectivity index (χ3v) is 9.29. The van der Waals surface area contributed by atoms with E-state index in [0.717, 1.165) is 46.5 Å². The van der Waals surface area contributed by atoms with Gasteiger partial charge in [-0.1, -0.05) is 12.1 Å². The zero-order valence-electron chi connectivity index (χ0n) is 19.4. The molecule has 0 spiro atoms. The zero-order chi connectivity index (χ0) is 24.3. The first-order chi connectivity index (χ1) is 16.0. The van der Waals surface area contributed by atoms with Crippen molar-refractivity contribution < 1.29 is 22.0 Å². The maximum atomic E-state index is 13.7. The Hall–Kier alpha value is -2.48. The van der Waals surface area contributed by atoms with E-state index in [1.165, 1.54) is 51.0 Å². The molecule has 0 aliphatic heterocycles. The lowest BCUT2D eigenvalue weighted by molar-refractivity contribution is -0.116. The van der Waals surface area contributed by atoms with Crippen LogP contribution in [-0.2, 0) is 20.2 Å². The van der Waals surface area contributed by atoms with Crippen LogP contribution in [0.2, 0.25) is 0 Å². The monoisotopic (exact) mass is 488 g/mol. The van der Waals surface area contributed by atoms with E-state index in [9.17, 15) is 22.0 Å². The molecule has 4 bridgehead atoms. The molecule has 6 rings (SSSR count). The highest BCUT2D eigenvalue weighted by Gasteiger charge is 2.51. The fourth-order valence-electron chi connectivity index (χ4n) is 7.05. The highest BCUT2D eigenvalue weighted by Crippen LogP contribution is 2.60. The standard InChI is InChI=1S/C26H30F2N2O3S/c1-16(30(34(2,32)33)22-7-8-23(27)24(28)12-22)25(31)29-21-5-3-20(4-6-21)26-13-17-9-18(14-26)11-19(10-17)15-26/h3-8,12,16-19H,9-11,13-15H2,1-2H3,(H,29,31)/t16-,17?,18?,19?,26?/m0/s1. The maximum absolute atomic E-state index is 13.7. The fourth-order valence-corrected chi connectivity index (χ4v) is 8.22. The van der Waals surface area contributed by atoms with E-state index in [1.807, 2.05) is 12.1 Å². The van der Waals surface area contributed by atoms with Crippen molar-refractivity contribution in [2.24, 2.45) is 17.8 Å². The van der Waals surface area contributed by atoms with Gasteiger partial charge in [-0.2, -0.15) is 0 Å². The van der Waals surface area contributed by atoms with E-state index in [4.69, 9.17) is 0 Å². The van der Waals surface area contributed by atoms with Gasteiger partial charge in [-0.3, -0.25) is 9.10 Å². The Kier molecular flexibility index (Phi) is 5.70. The molecule has 4 fully saturated rings. The van der Waals surface area contributed by atoms with Crippen molar-refractivity contribution in [3.05, 3.63) is 59.7 Å². The summed E-state index contributed by atoms with van der Waals surface area (Å²) in [6.07, 6.45) is 8.80. The smallest absolute Gasteiger partial charge is 0.247 e. The highest BCUT2D eigenvalue weighted by molar-refractivity contribution is 7.92. The topological polar surface area (TPSA) is 66.5 Å². The van der Waals surface area contributed by atoms with Crippen molar-refractivity contribution in [1.29, 1.82) is 0 Å². The van der Waals surface area contributed by atoms with Crippen LogP contribution < -0.4 is 9.62 Å². The number of anilines is 2. The number of hydrogen-bond donors (Lipinski definition) is 1. The normalized spacial score (nSPS) is 28.5. The lowest BCUT2D eigenvalue weighted by Crippen LogP contribution is -2.48. The Morgan fingerprint density at radius 3 is 2.03 bits per heavy atom. The lowest BCUT2D eigenvalue weighted by atomic mass is 9.48. The Morgan fingerprint density at radius 2 is 1.53 bits per heavy atom. The number of carbonyl (C=O) groups is 1. The molecule has 4 aliphatic rings. The van der Waals surface area contributed by atoms with Crippen LogP contribution in [0.1, 0.15) is 51.0 Å². The first-order valence-electron chi connectivity index (χ1n) is 11.9. The molecule has 5 nitrogen and oxygen atoms in total. The Morgan fingerprint density at radius 1 is 0.971 bits per heavy atom. The van der Waals surface area contributed by atoms with Gasteiger partial charge in [0, 0.05) is 11.8 Å². The number of carbonyl (C=O) groups excluding carboxylic acids is 1. The molecule has 0 aromatic heterocycles. The lowest BCUT2D eigenvalue weighted by Gasteiger charge is -2.57. The van der Waals surface area contributed by atoms with Gasteiger partial charge in [0.2, 0.25) is 15.9 Å². The fraction of sp³-hybridized carbons (Fsp3) is 0.500. The molecule has 8 heteroatoms. The second-order valence-corrected chi connectivity index (χ2v) is 12.5. The van der Waals surface area contributed by atoms with Crippen molar-refractivity contribution in [1.82, 2.24) is 0 Å². The number of halogens is 2. The molecule has 2 aromatic rings. The van der Waals surface area contributed by atoms with Gasteiger partial charge >= 0.3 is 0 Å². The Balaban J connectivity index is 1.33. The van der Waals surface area contributed by atoms with Gasteiger partial charge in [0.1, 0.15) is 6.04 Å². The Labute approximate surface area is 199 Å². The van der Waals surface area contributed by atoms with Gasteiger partial charge in [0.05, 0.1) is 11.9 Å². The molecule has 182 valence electrons. The van der Waals surface area contributed by atoms with Crippen molar-refractivity contribution in [2.75, 3.05) is 15.9 Å². The van der Waals surface area contributed by atoms with Crippen molar-refractivity contribution in [2.45, 2.75) is 56.9 Å². The van der Waals surface area contributed by atoms with Crippen LogP contribution in [-0.4, -0.2) is 26.6 Å². The van der Waals surface area contributed by atoms with Crippen molar-refractivity contribution >= 4 is 27.3 Å². The summed E-state index contributed by atoms with van der Waals surface area (Å²) in [7, 11) is -3.93. The van der Waals surface area contributed by atoms with E-state index in [2.05, 4.69) is 17.4 Å². The molecule has 0 saturated heterocycles. The first-order valence-corrected chi connectivity index (χ1v) is 13.7. The number of rotatable bonds is 6. The highest BCUT2D eigenvalue weighted by atomic mass is 32.2. The third kappa shape index (κ3) is 4.21. The molecule has 1 N–H and O–H groups in total. The minimum Gasteiger partial charge on any atom is -0.324 e. The largest absolute Gasteiger partial charge is 0.324 e. The molecule has 1 amide bonds. The molecule has 0 radical (unpaired) electrons. The summed E-state index contributed by atoms with van der Waals surface area (Å²) in [4.78, 5) is 12.9. The van der Waals surface area contributed by atoms with E-state index in [1.54, 1.807) is 0 Å². The van der Waals surface area contributed by atoms with Crippen LogP contribution in [0.25, 0.3) is 0 Å². The summed E-state index contributed by atoms with van der Waals surface area (Å²) < 4.78 is 52.7. The van der Waals surface area contributed by atoms with E-state index in [0.29, 0.717) is 5.69 Å². The summed E-state index contributed by atoms with van der Waals surface area (Å²) in [6, 6.07) is 9.54. The number of benzene rings is 2. The number of hydrogen-bond acceptors (Lipinski definition) is 3. The van der Waals surface area contributed by atoms with Crippen LogP contribution >= 0.6 is 0 Å². The van der Waals surface area contributed by atoms with Crippen LogP contribution in [0.3, 0.4) is 0 Å². The van der Waals surface area contributed by atoms with Crippen molar-refractivity contribution in [3.63, 3.8) is 0 Å². The van der Waals surface area contributed by atoms with Gasteiger partial charge in [-0.05, 0) is 98.4 Å². The van der Waals surface area contributed by atoms with E-state index < -0.39 is 33.6 Å². The second-order valence-electron chi connectivity index (χ2n) is 10.6. The van der Waals surface area contributed by atoms with Gasteiger partial charge in [-0.15, -0.1) is 0 Å². The average Bonchev–Trinajstić information content (AvgIpc) is 2.75. The molecule has 34 heavy (non-hydrogen) atoms. The van der Waals surface area contributed by atoms with Gasteiger partial charge < -0.3 is 5.32 Å². The molecule has 2 aromatic carbocycles. The molecule has 1 atom stereocenters. The van der Waals surface area contributed by atoms with Gasteiger partial charge in [0.15, 0.2) is 11.6 Å². The number of amides is 1. The van der Waals surface area contributed by atoms with Crippen LogP contribution in [0.5, 0.6) is 0 Å². The number of sulfonamides is 1. The first kappa shape index (κ1) is 23.3. The van der Waals surface area contributed by atoms with Crippen LogP contribution in [0.15, 0.2) is 42.5 Å². The van der Waals surface area contributed by atoms with Crippen LogP contribution in [0.4, 0.5) is 20.2 Å². The van der Waals surface area contributed by atoms with Crippen LogP contribution in [0, 0.1) is 29.4 Å².